The molecule has 1 aromatic rings. The third-order valence-electron chi connectivity index (χ3n) is 5.54. The van der Waals surface area contributed by atoms with Gasteiger partial charge in [0, 0.05) is 24.7 Å². The van der Waals surface area contributed by atoms with Crippen LogP contribution in [0, 0.1) is 11.3 Å². The Morgan fingerprint density at radius 2 is 1.87 bits per heavy atom. The van der Waals surface area contributed by atoms with Crippen LogP contribution in [0.5, 0.6) is 0 Å². The highest BCUT2D eigenvalue weighted by Crippen LogP contribution is 2.38. The van der Waals surface area contributed by atoms with Crippen molar-refractivity contribution in [2.75, 3.05) is 25.4 Å². The second kappa shape index (κ2) is 9.44. The smallest absolute Gasteiger partial charge is 0.351 e. The summed E-state index contributed by atoms with van der Waals surface area (Å²) in [5.74, 6) is -0.499. The van der Waals surface area contributed by atoms with Gasteiger partial charge in [0.15, 0.2) is 0 Å². The monoisotopic (exact) mass is 468 g/mol. The Hall–Kier alpha value is -1.32. The van der Waals surface area contributed by atoms with E-state index in [9.17, 15) is 26.4 Å². The Labute approximate surface area is 181 Å². The van der Waals surface area contributed by atoms with E-state index in [0.29, 0.717) is 25.9 Å². The van der Waals surface area contributed by atoms with E-state index in [1.807, 2.05) is 13.8 Å². The lowest BCUT2D eigenvalue weighted by Crippen LogP contribution is -2.48. The summed E-state index contributed by atoms with van der Waals surface area (Å²) >= 11 is 5.68. The number of rotatable bonds is 7. The maximum Gasteiger partial charge on any atom is 0.417 e. The Morgan fingerprint density at radius 3 is 2.37 bits per heavy atom. The Morgan fingerprint density at radius 1 is 1.27 bits per heavy atom. The first-order valence-corrected chi connectivity index (χ1v) is 11.9. The Bertz CT molecular complexity index is 865. The molecule has 1 fully saturated rings. The first-order valence-electron chi connectivity index (χ1n) is 9.92. The number of carbonyl (C=O) groups excluding carboxylic acids is 1. The van der Waals surface area contributed by atoms with Crippen molar-refractivity contribution in [3.63, 3.8) is 0 Å². The molecule has 1 amide bonds. The number of piperidine rings is 1. The predicted octanol–water partition coefficient (Wildman–Crippen LogP) is 4.57. The lowest BCUT2D eigenvalue weighted by molar-refractivity contribution is -0.137. The minimum absolute atomic E-state index is 0.0255. The van der Waals surface area contributed by atoms with Crippen LogP contribution in [-0.4, -0.2) is 44.0 Å². The van der Waals surface area contributed by atoms with Gasteiger partial charge < -0.3 is 5.32 Å². The highest BCUT2D eigenvalue weighted by Gasteiger charge is 2.39. The van der Waals surface area contributed by atoms with Crippen LogP contribution in [-0.2, 0) is 16.2 Å². The number of halogens is 4. The van der Waals surface area contributed by atoms with Gasteiger partial charge in [-0.1, -0.05) is 25.4 Å². The van der Waals surface area contributed by atoms with Gasteiger partial charge in [0.05, 0.1) is 16.9 Å². The lowest BCUT2D eigenvalue weighted by atomic mass is 9.73. The van der Waals surface area contributed by atoms with Crippen molar-refractivity contribution >= 4 is 27.5 Å². The molecule has 1 aliphatic rings. The lowest BCUT2D eigenvalue weighted by Gasteiger charge is -2.42. The van der Waals surface area contributed by atoms with Crippen LogP contribution >= 0.6 is 11.6 Å². The van der Waals surface area contributed by atoms with Gasteiger partial charge in [0.2, 0.25) is 10.0 Å². The molecule has 2 rings (SSSR count). The second-order valence-electron chi connectivity index (χ2n) is 8.27. The fourth-order valence-electron chi connectivity index (χ4n) is 4.05. The summed E-state index contributed by atoms with van der Waals surface area (Å²) in [4.78, 5) is 12.6. The molecule has 0 unspecified atom stereocenters. The summed E-state index contributed by atoms with van der Waals surface area (Å²) in [5, 5.41) is 2.57. The van der Waals surface area contributed by atoms with Crippen molar-refractivity contribution in [3.8, 4) is 0 Å². The molecule has 0 bridgehead atoms. The van der Waals surface area contributed by atoms with Crippen LogP contribution in [0.3, 0.4) is 0 Å². The third-order valence-corrected chi connectivity index (χ3v) is 7.65. The molecule has 0 aromatic heterocycles. The van der Waals surface area contributed by atoms with Crippen LogP contribution in [0.25, 0.3) is 0 Å². The number of hydrogen-bond acceptors (Lipinski definition) is 3. The van der Waals surface area contributed by atoms with E-state index >= 15 is 0 Å². The molecule has 1 saturated heterocycles. The first kappa shape index (κ1) is 24.9. The van der Waals surface area contributed by atoms with Crippen LogP contribution < -0.4 is 5.32 Å². The molecule has 0 spiro atoms. The topological polar surface area (TPSA) is 66.5 Å². The predicted molar refractivity (Wildman–Crippen MR) is 111 cm³/mol. The number of hydrogen-bond donors (Lipinski definition) is 1. The summed E-state index contributed by atoms with van der Waals surface area (Å²) < 4.78 is 65.7. The molecule has 10 heteroatoms. The summed E-state index contributed by atoms with van der Waals surface area (Å²) in [6.07, 6.45) is -2.89. The van der Waals surface area contributed by atoms with Crippen LogP contribution in [0.2, 0.25) is 5.02 Å². The quantitative estimate of drug-likeness (QED) is 0.637. The van der Waals surface area contributed by atoms with Crippen LogP contribution in [0.1, 0.15) is 56.0 Å². The van der Waals surface area contributed by atoms with Crippen LogP contribution in [0.4, 0.5) is 13.2 Å². The molecule has 1 N–H and O–H groups in total. The van der Waals surface area contributed by atoms with E-state index in [2.05, 4.69) is 5.32 Å². The van der Waals surface area contributed by atoms with Crippen molar-refractivity contribution in [1.82, 2.24) is 9.62 Å². The maximum atomic E-state index is 13.3. The first-order chi connectivity index (χ1) is 13.8. The van der Waals surface area contributed by atoms with E-state index in [0.717, 1.165) is 18.6 Å². The molecule has 1 aromatic carbocycles. The van der Waals surface area contributed by atoms with Gasteiger partial charge >= 0.3 is 6.18 Å². The average molecular weight is 469 g/mol. The molecule has 170 valence electrons. The molecule has 5 nitrogen and oxygen atoms in total. The summed E-state index contributed by atoms with van der Waals surface area (Å²) in [6, 6.07) is 3.07. The van der Waals surface area contributed by atoms with E-state index in [1.54, 1.807) is 6.92 Å². The zero-order chi connectivity index (χ0) is 22.7. The van der Waals surface area contributed by atoms with Gasteiger partial charge in [-0.05, 0) is 55.7 Å². The molecule has 1 aliphatic heterocycles. The molecule has 30 heavy (non-hydrogen) atoms. The normalized spacial score (nSPS) is 17.9. The SMILES string of the molecule is CCS(=O)(=O)N1CCC(CNC(=O)c2ccc(Cl)cc2C(F)(F)F)(CC(C)C)CC1. The molecule has 1 heterocycles. The minimum atomic E-state index is -4.70. The number of nitrogens with zero attached hydrogens (tertiary/aromatic N) is 1. The van der Waals surface area contributed by atoms with Crippen molar-refractivity contribution in [3.05, 3.63) is 34.3 Å². The highest BCUT2D eigenvalue weighted by molar-refractivity contribution is 7.89. The minimum Gasteiger partial charge on any atom is -0.351 e. The number of carbonyl (C=O) groups is 1. The maximum absolute atomic E-state index is 13.3. The van der Waals surface area contributed by atoms with Gasteiger partial charge in [0.25, 0.3) is 5.91 Å². The van der Waals surface area contributed by atoms with Gasteiger partial charge in [0.1, 0.15) is 0 Å². The van der Waals surface area contributed by atoms with E-state index in [4.69, 9.17) is 11.6 Å². The van der Waals surface area contributed by atoms with E-state index in [-0.39, 0.29) is 28.7 Å². The largest absolute Gasteiger partial charge is 0.417 e. The summed E-state index contributed by atoms with van der Waals surface area (Å²) in [6.45, 7) is 6.51. The number of nitrogens with one attached hydrogen (secondary N) is 1. The molecule has 0 atom stereocenters. The fourth-order valence-corrected chi connectivity index (χ4v) is 5.33. The van der Waals surface area contributed by atoms with E-state index in [1.165, 1.54) is 10.4 Å². The van der Waals surface area contributed by atoms with Crippen molar-refractivity contribution in [2.24, 2.45) is 11.3 Å². The summed E-state index contributed by atoms with van der Waals surface area (Å²) in [7, 11) is -3.29. The molecule has 0 radical (unpaired) electrons. The fraction of sp³-hybridized carbons (Fsp3) is 0.650. The Kier molecular flexibility index (Phi) is 7.85. The number of amides is 1. The highest BCUT2D eigenvalue weighted by atomic mass is 35.5. The zero-order valence-electron chi connectivity index (χ0n) is 17.4. The number of alkyl halides is 3. The third kappa shape index (κ3) is 6.11. The zero-order valence-corrected chi connectivity index (χ0v) is 18.9. The van der Waals surface area contributed by atoms with E-state index < -0.39 is 33.2 Å². The van der Waals surface area contributed by atoms with Crippen LogP contribution in [0.15, 0.2) is 18.2 Å². The molecular weight excluding hydrogens is 441 g/mol. The second-order valence-corrected chi connectivity index (χ2v) is 11.0. The van der Waals surface area contributed by atoms with Gasteiger partial charge in [-0.15, -0.1) is 0 Å². The average Bonchev–Trinajstić information content (AvgIpc) is 2.65. The number of sulfonamides is 1. The van der Waals surface area contributed by atoms with Gasteiger partial charge in [-0.3, -0.25) is 4.79 Å². The van der Waals surface area contributed by atoms with Crippen molar-refractivity contribution in [1.29, 1.82) is 0 Å². The molecule has 0 aliphatic carbocycles. The number of benzene rings is 1. The van der Waals surface area contributed by atoms with Gasteiger partial charge in [-0.25, -0.2) is 12.7 Å². The molecular formula is C20H28ClF3N2O3S. The van der Waals surface area contributed by atoms with Crippen molar-refractivity contribution < 1.29 is 26.4 Å². The van der Waals surface area contributed by atoms with Gasteiger partial charge in [-0.2, -0.15) is 13.2 Å². The summed E-state index contributed by atoms with van der Waals surface area (Å²) in [5.41, 5.74) is -1.92. The van der Waals surface area contributed by atoms with Crippen molar-refractivity contribution in [2.45, 2.75) is 46.2 Å². The molecule has 0 saturated carbocycles. The standard InChI is InChI=1S/C20H28ClF3N2O3S/c1-4-30(28,29)26-9-7-19(8-10-26,12-14(2)3)13-25-18(27)16-6-5-15(21)11-17(16)20(22,23)24/h5-6,11,14H,4,7-10,12-13H2,1-3H3,(H,25,27). The Balaban J connectivity index is 2.17.